The number of hydrogen-bond acceptors (Lipinski definition) is 2. The summed E-state index contributed by atoms with van der Waals surface area (Å²) in [6.45, 7) is 5.30. The predicted molar refractivity (Wildman–Crippen MR) is 58.1 cm³/mol. The standard InChI is InChI=1S/C10H15O2P/c1-3-11-8-5-6-10(13)9(7-8)12-4-2/h5-7H,3-4,13H2,1-2H3. The lowest BCUT2D eigenvalue weighted by Crippen LogP contribution is -2.03. The minimum absolute atomic E-state index is 0.678. The van der Waals surface area contributed by atoms with E-state index in [2.05, 4.69) is 9.24 Å². The van der Waals surface area contributed by atoms with Crippen molar-refractivity contribution < 1.29 is 9.47 Å². The van der Waals surface area contributed by atoms with E-state index < -0.39 is 0 Å². The molecule has 1 unspecified atom stereocenters. The van der Waals surface area contributed by atoms with Crippen LogP contribution in [-0.2, 0) is 0 Å². The van der Waals surface area contributed by atoms with Gasteiger partial charge >= 0.3 is 0 Å². The lowest BCUT2D eigenvalue weighted by atomic mass is 10.3. The highest BCUT2D eigenvalue weighted by atomic mass is 31.0. The summed E-state index contributed by atoms with van der Waals surface area (Å²) in [5, 5.41) is 1.06. The molecule has 0 aliphatic rings. The molecule has 2 nitrogen and oxygen atoms in total. The van der Waals surface area contributed by atoms with E-state index in [1.807, 2.05) is 32.0 Å². The second-order valence-electron chi connectivity index (χ2n) is 2.57. The van der Waals surface area contributed by atoms with Crippen LogP contribution in [0.4, 0.5) is 0 Å². The van der Waals surface area contributed by atoms with Gasteiger partial charge in [-0.2, -0.15) is 0 Å². The molecule has 13 heavy (non-hydrogen) atoms. The molecule has 1 aromatic carbocycles. The van der Waals surface area contributed by atoms with Crippen LogP contribution in [-0.4, -0.2) is 13.2 Å². The molecule has 3 heteroatoms. The highest BCUT2D eigenvalue weighted by molar-refractivity contribution is 7.27. The molecule has 1 rings (SSSR count). The molecule has 0 N–H and O–H groups in total. The van der Waals surface area contributed by atoms with E-state index in [0.717, 1.165) is 16.8 Å². The van der Waals surface area contributed by atoms with Gasteiger partial charge in [0.15, 0.2) is 0 Å². The van der Waals surface area contributed by atoms with Crippen molar-refractivity contribution in [3.63, 3.8) is 0 Å². The fourth-order valence-corrected chi connectivity index (χ4v) is 1.31. The van der Waals surface area contributed by atoms with Crippen LogP contribution in [0.1, 0.15) is 13.8 Å². The van der Waals surface area contributed by atoms with Crippen molar-refractivity contribution in [2.75, 3.05) is 13.2 Å². The Hall–Kier alpha value is -0.750. The number of hydrogen-bond donors (Lipinski definition) is 0. The molecule has 0 heterocycles. The van der Waals surface area contributed by atoms with E-state index in [0.29, 0.717) is 13.2 Å². The van der Waals surface area contributed by atoms with E-state index in [-0.39, 0.29) is 0 Å². The van der Waals surface area contributed by atoms with Crippen molar-refractivity contribution in [2.45, 2.75) is 13.8 Å². The van der Waals surface area contributed by atoms with Gasteiger partial charge in [-0.25, -0.2) is 0 Å². The summed E-state index contributed by atoms with van der Waals surface area (Å²) in [5.74, 6) is 1.73. The summed E-state index contributed by atoms with van der Waals surface area (Å²) in [5.41, 5.74) is 0. The highest BCUT2D eigenvalue weighted by Gasteiger charge is 2.00. The summed E-state index contributed by atoms with van der Waals surface area (Å²) in [7, 11) is 2.64. The third-order valence-corrected chi connectivity index (χ3v) is 2.07. The van der Waals surface area contributed by atoms with Crippen molar-refractivity contribution in [3.8, 4) is 11.5 Å². The summed E-state index contributed by atoms with van der Waals surface area (Å²) < 4.78 is 10.8. The normalized spacial score (nSPS) is 9.77. The van der Waals surface area contributed by atoms with Crippen LogP contribution in [0.5, 0.6) is 11.5 Å². The zero-order chi connectivity index (χ0) is 9.68. The zero-order valence-corrected chi connectivity index (χ0v) is 9.19. The topological polar surface area (TPSA) is 18.5 Å². The number of ether oxygens (including phenoxy) is 2. The van der Waals surface area contributed by atoms with Crippen LogP contribution in [0.2, 0.25) is 0 Å². The Bertz CT molecular complexity index is 274. The molecule has 0 amide bonds. The molecular formula is C10H15O2P. The van der Waals surface area contributed by atoms with Gasteiger partial charge in [-0.1, -0.05) is 0 Å². The van der Waals surface area contributed by atoms with E-state index >= 15 is 0 Å². The van der Waals surface area contributed by atoms with E-state index in [1.165, 1.54) is 0 Å². The lowest BCUT2D eigenvalue weighted by Gasteiger charge is -2.09. The Balaban J connectivity index is 2.83. The maximum Gasteiger partial charge on any atom is 0.130 e. The Morgan fingerprint density at radius 1 is 1.15 bits per heavy atom. The second-order valence-corrected chi connectivity index (χ2v) is 3.19. The summed E-state index contributed by atoms with van der Waals surface area (Å²) in [4.78, 5) is 0. The van der Waals surface area contributed by atoms with Gasteiger partial charge in [0.05, 0.1) is 13.2 Å². The van der Waals surface area contributed by atoms with Crippen molar-refractivity contribution in [1.29, 1.82) is 0 Å². The third kappa shape index (κ3) is 2.89. The largest absolute Gasteiger partial charge is 0.494 e. The molecule has 0 aromatic heterocycles. The van der Waals surface area contributed by atoms with Crippen molar-refractivity contribution >= 4 is 14.5 Å². The molecule has 0 spiro atoms. The minimum Gasteiger partial charge on any atom is -0.494 e. The van der Waals surface area contributed by atoms with E-state index in [9.17, 15) is 0 Å². The monoisotopic (exact) mass is 198 g/mol. The van der Waals surface area contributed by atoms with Crippen LogP contribution >= 0.6 is 9.24 Å². The van der Waals surface area contributed by atoms with Crippen LogP contribution in [0.15, 0.2) is 18.2 Å². The second kappa shape index (κ2) is 5.08. The fraction of sp³-hybridized carbons (Fsp3) is 0.400. The molecule has 0 fully saturated rings. The van der Waals surface area contributed by atoms with Crippen molar-refractivity contribution in [1.82, 2.24) is 0 Å². The molecule has 0 saturated carbocycles. The molecule has 1 aromatic rings. The Kier molecular flexibility index (Phi) is 4.04. The molecule has 0 bridgehead atoms. The molecule has 72 valence electrons. The molecular weight excluding hydrogens is 183 g/mol. The highest BCUT2D eigenvalue weighted by Crippen LogP contribution is 2.19. The third-order valence-electron chi connectivity index (χ3n) is 1.60. The summed E-state index contributed by atoms with van der Waals surface area (Å²) in [6, 6.07) is 5.82. The maximum absolute atomic E-state index is 5.42. The summed E-state index contributed by atoms with van der Waals surface area (Å²) >= 11 is 0. The minimum atomic E-state index is 0.678. The average molecular weight is 198 g/mol. The quantitative estimate of drug-likeness (QED) is 0.689. The zero-order valence-electron chi connectivity index (χ0n) is 8.04. The van der Waals surface area contributed by atoms with Gasteiger partial charge in [0.25, 0.3) is 0 Å². The van der Waals surface area contributed by atoms with Crippen LogP contribution in [0.3, 0.4) is 0 Å². The lowest BCUT2D eigenvalue weighted by molar-refractivity contribution is 0.325. The van der Waals surface area contributed by atoms with Crippen LogP contribution < -0.4 is 14.8 Å². The van der Waals surface area contributed by atoms with Gasteiger partial charge in [-0.05, 0) is 26.0 Å². The molecule has 0 aliphatic carbocycles. The Morgan fingerprint density at radius 3 is 2.46 bits per heavy atom. The van der Waals surface area contributed by atoms with Gasteiger partial charge in [-0.15, -0.1) is 9.24 Å². The van der Waals surface area contributed by atoms with Crippen LogP contribution in [0.25, 0.3) is 0 Å². The Morgan fingerprint density at radius 2 is 1.85 bits per heavy atom. The molecule has 0 aliphatic heterocycles. The number of rotatable bonds is 4. The summed E-state index contributed by atoms with van der Waals surface area (Å²) in [6.07, 6.45) is 0. The smallest absolute Gasteiger partial charge is 0.130 e. The molecule has 0 saturated heterocycles. The predicted octanol–water partition coefficient (Wildman–Crippen LogP) is 1.98. The molecule has 0 radical (unpaired) electrons. The van der Waals surface area contributed by atoms with Gasteiger partial charge < -0.3 is 9.47 Å². The van der Waals surface area contributed by atoms with Crippen LogP contribution in [0, 0.1) is 0 Å². The first kappa shape index (κ1) is 10.3. The maximum atomic E-state index is 5.42. The van der Waals surface area contributed by atoms with E-state index in [4.69, 9.17) is 9.47 Å². The average Bonchev–Trinajstić information content (AvgIpc) is 2.12. The fourth-order valence-electron chi connectivity index (χ4n) is 1.05. The van der Waals surface area contributed by atoms with Gasteiger partial charge in [-0.3, -0.25) is 0 Å². The Labute approximate surface area is 81.4 Å². The van der Waals surface area contributed by atoms with Crippen molar-refractivity contribution in [2.24, 2.45) is 0 Å². The van der Waals surface area contributed by atoms with Gasteiger partial charge in [0, 0.05) is 11.4 Å². The number of benzene rings is 1. The van der Waals surface area contributed by atoms with Gasteiger partial charge in [0.2, 0.25) is 0 Å². The first-order chi connectivity index (χ1) is 6.27. The van der Waals surface area contributed by atoms with Gasteiger partial charge in [0.1, 0.15) is 11.5 Å². The SMILES string of the molecule is CCOc1ccc(P)c(OCC)c1. The molecule has 1 atom stereocenters. The van der Waals surface area contributed by atoms with Crippen molar-refractivity contribution in [3.05, 3.63) is 18.2 Å². The first-order valence-electron chi connectivity index (χ1n) is 4.43. The first-order valence-corrected chi connectivity index (χ1v) is 5.00. The van der Waals surface area contributed by atoms with E-state index in [1.54, 1.807) is 0 Å².